The maximum Gasteiger partial charge on any atom is 0.335 e. The average Bonchev–Trinajstić information content (AvgIpc) is 3.08. The van der Waals surface area contributed by atoms with Crippen molar-refractivity contribution in [2.45, 2.75) is 25.4 Å². The minimum atomic E-state index is -0.986. The van der Waals surface area contributed by atoms with Gasteiger partial charge in [-0.3, -0.25) is 14.3 Å². The highest BCUT2D eigenvalue weighted by Crippen LogP contribution is 2.35. The Morgan fingerprint density at radius 2 is 1.96 bits per heavy atom. The third-order valence-electron chi connectivity index (χ3n) is 4.93. The predicted octanol–water partition coefficient (Wildman–Crippen LogP) is 1.34. The SMILES string of the molecule is CN1C(=O)CC[C@H](C(=O)NCc2ccc(C(=O)O)cc2)[C@H]1c1cnn(C)c1. The topological polar surface area (TPSA) is 105 Å². The first-order chi connectivity index (χ1) is 12.9. The molecule has 142 valence electrons. The van der Waals surface area contributed by atoms with E-state index in [9.17, 15) is 14.4 Å². The number of piperidine rings is 1. The van der Waals surface area contributed by atoms with Gasteiger partial charge in [0, 0.05) is 38.8 Å². The van der Waals surface area contributed by atoms with Gasteiger partial charge in [-0.15, -0.1) is 0 Å². The van der Waals surface area contributed by atoms with Crippen molar-refractivity contribution in [2.24, 2.45) is 13.0 Å². The lowest BCUT2D eigenvalue weighted by molar-refractivity contribution is -0.141. The molecule has 1 saturated heterocycles. The number of carboxylic acids is 1. The number of nitrogens with zero attached hydrogens (tertiary/aromatic N) is 3. The highest BCUT2D eigenvalue weighted by molar-refractivity contribution is 5.87. The third-order valence-corrected chi connectivity index (χ3v) is 4.93. The Balaban J connectivity index is 1.71. The third kappa shape index (κ3) is 3.99. The monoisotopic (exact) mass is 370 g/mol. The zero-order chi connectivity index (χ0) is 19.6. The van der Waals surface area contributed by atoms with Crippen LogP contribution in [0.4, 0.5) is 0 Å². The van der Waals surface area contributed by atoms with Crippen molar-refractivity contribution in [3.8, 4) is 0 Å². The van der Waals surface area contributed by atoms with E-state index in [1.54, 1.807) is 42.0 Å². The molecule has 2 amide bonds. The van der Waals surface area contributed by atoms with Gasteiger partial charge in [0.15, 0.2) is 0 Å². The van der Waals surface area contributed by atoms with Crippen molar-refractivity contribution in [3.63, 3.8) is 0 Å². The number of carbonyl (C=O) groups excluding carboxylic acids is 2. The molecular weight excluding hydrogens is 348 g/mol. The molecule has 1 aliphatic heterocycles. The van der Waals surface area contributed by atoms with Crippen LogP contribution in [0.3, 0.4) is 0 Å². The number of rotatable bonds is 5. The molecule has 1 aromatic heterocycles. The number of carboxylic acid groups (broad SMARTS) is 1. The van der Waals surface area contributed by atoms with E-state index < -0.39 is 5.97 Å². The van der Waals surface area contributed by atoms with E-state index >= 15 is 0 Å². The van der Waals surface area contributed by atoms with Gasteiger partial charge in [-0.05, 0) is 24.1 Å². The van der Waals surface area contributed by atoms with Crippen molar-refractivity contribution in [2.75, 3.05) is 7.05 Å². The highest BCUT2D eigenvalue weighted by Gasteiger charge is 2.39. The molecule has 0 radical (unpaired) electrons. The van der Waals surface area contributed by atoms with E-state index in [0.29, 0.717) is 19.4 Å². The number of amides is 2. The Labute approximate surface area is 156 Å². The molecule has 2 heterocycles. The van der Waals surface area contributed by atoms with Crippen LogP contribution in [-0.2, 0) is 23.2 Å². The second-order valence-corrected chi connectivity index (χ2v) is 6.76. The molecule has 0 bridgehead atoms. The largest absolute Gasteiger partial charge is 0.478 e. The quantitative estimate of drug-likeness (QED) is 0.827. The lowest BCUT2D eigenvalue weighted by atomic mass is 9.85. The summed E-state index contributed by atoms with van der Waals surface area (Å²) in [6, 6.07) is 6.02. The minimum Gasteiger partial charge on any atom is -0.478 e. The summed E-state index contributed by atoms with van der Waals surface area (Å²) in [5.41, 5.74) is 1.85. The van der Waals surface area contributed by atoms with E-state index in [4.69, 9.17) is 5.11 Å². The van der Waals surface area contributed by atoms with Crippen LogP contribution in [0, 0.1) is 5.92 Å². The lowest BCUT2D eigenvalue weighted by Gasteiger charge is -2.37. The molecule has 0 aliphatic carbocycles. The zero-order valence-electron chi connectivity index (χ0n) is 15.3. The van der Waals surface area contributed by atoms with Crippen LogP contribution < -0.4 is 5.32 Å². The Kier molecular flexibility index (Phi) is 5.25. The van der Waals surface area contributed by atoms with Crippen LogP contribution in [0.2, 0.25) is 0 Å². The summed E-state index contributed by atoms with van der Waals surface area (Å²) in [6.45, 7) is 0.298. The summed E-state index contributed by atoms with van der Waals surface area (Å²) in [5, 5.41) is 16.0. The van der Waals surface area contributed by atoms with Crippen LogP contribution in [0.25, 0.3) is 0 Å². The molecule has 0 spiro atoms. The maximum atomic E-state index is 12.8. The summed E-state index contributed by atoms with van der Waals surface area (Å²) in [4.78, 5) is 37.5. The summed E-state index contributed by atoms with van der Waals surface area (Å²) < 4.78 is 1.65. The average molecular weight is 370 g/mol. The van der Waals surface area contributed by atoms with Crippen molar-refractivity contribution >= 4 is 17.8 Å². The molecule has 3 rings (SSSR count). The number of aromatic nitrogens is 2. The van der Waals surface area contributed by atoms with Gasteiger partial charge < -0.3 is 15.3 Å². The first-order valence-electron chi connectivity index (χ1n) is 8.71. The Morgan fingerprint density at radius 3 is 2.56 bits per heavy atom. The summed E-state index contributed by atoms with van der Waals surface area (Å²) >= 11 is 0. The molecule has 0 unspecified atom stereocenters. The zero-order valence-corrected chi connectivity index (χ0v) is 15.3. The first-order valence-corrected chi connectivity index (χ1v) is 8.71. The molecule has 8 heteroatoms. The molecule has 2 aromatic rings. The van der Waals surface area contributed by atoms with E-state index in [1.165, 1.54) is 12.1 Å². The number of benzene rings is 1. The van der Waals surface area contributed by atoms with Crippen LogP contribution in [0.1, 0.15) is 40.4 Å². The van der Waals surface area contributed by atoms with Gasteiger partial charge in [-0.25, -0.2) is 4.79 Å². The second kappa shape index (κ2) is 7.61. The second-order valence-electron chi connectivity index (χ2n) is 6.76. The van der Waals surface area contributed by atoms with E-state index in [0.717, 1.165) is 11.1 Å². The highest BCUT2D eigenvalue weighted by atomic mass is 16.4. The van der Waals surface area contributed by atoms with Crippen molar-refractivity contribution < 1.29 is 19.5 Å². The van der Waals surface area contributed by atoms with Crippen LogP contribution in [-0.4, -0.2) is 44.6 Å². The van der Waals surface area contributed by atoms with Crippen molar-refractivity contribution in [3.05, 3.63) is 53.3 Å². The summed E-state index contributed by atoms with van der Waals surface area (Å²) in [7, 11) is 3.51. The van der Waals surface area contributed by atoms with Gasteiger partial charge in [0.05, 0.1) is 23.7 Å². The Bertz CT molecular complexity index is 859. The number of likely N-dealkylation sites (tertiary alicyclic amines) is 1. The molecule has 0 saturated carbocycles. The van der Waals surface area contributed by atoms with Gasteiger partial charge in [0.1, 0.15) is 0 Å². The number of carbonyl (C=O) groups is 3. The van der Waals surface area contributed by atoms with Crippen molar-refractivity contribution in [1.82, 2.24) is 20.0 Å². The number of hydrogen-bond acceptors (Lipinski definition) is 4. The smallest absolute Gasteiger partial charge is 0.335 e. The Hall–Kier alpha value is -3.16. The normalized spacial score (nSPS) is 19.8. The fourth-order valence-corrected chi connectivity index (χ4v) is 3.45. The lowest BCUT2D eigenvalue weighted by Crippen LogP contribution is -2.46. The van der Waals surface area contributed by atoms with Gasteiger partial charge in [0.25, 0.3) is 0 Å². The fraction of sp³-hybridized carbons (Fsp3) is 0.368. The number of aryl methyl sites for hydroxylation is 1. The summed E-state index contributed by atoms with van der Waals surface area (Å²) in [6.07, 6.45) is 4.32. The molecule has 1 aromatic carbocycles. The number of nitrogens with one attached hydrogen (secondary N) is 1. The number of hydrogen-bond donors (Lipinski definition) is 2. The van der Waals surface area contributed by atoms with Crippen LogP contribution in [0.5, 0.6) is 0 Å². The standard InChI is InChI=1S/C19H22N4O4/c1-22-11-14(10-21-22)17-15(7-8-16(24)23(17)2)18(25)20-9-12-3-5-13(6-4-12)19(26)27/h3-6,10-11,15,17H,7-9H2,1-2H3,(H,20,25)(H,26,27)/t15-,17+/m0/s1. The minimum absolute atomic E-state index is 0.0113. The van der Waals surface area contributed by atoms with Crippen LogP contribution >= 0.6 is 0 Å². The Morgan fingerprint density at radius 1 is 1.26 bits per heavy atom. The molecule has 2 N–H and O–H groups in total. The fourth-order valence-electron chi connectivity index (χ4n) is 3.45. The van der Waals surface area contributed by atoms with Gasteiger partial charge in [-0.1, -0.05) is 12.1 Å². The molecule has 8 nitrogen and oxygen atoms in total. The van der Waals surface area contributed by atoms with E-state index in [-0.39, 0.29) is 29.3 Å². The maximum absolute atomic E-state index is 12.8. The van der Waals surface area contributed by atoms with E-state index in [1.807, 2.05) is 6.20 Å². The molecule has 2 atom stereocenters. The molecular formula is C19H22N4O4. The van der Waals surface area contributed by atoms with Crippen LogP contribution in [0.15, 0.2) is 36.7 Å². The summed E-state index contributed by atoms with van der Waals surface area (Å²) in [5.74, 6) is -1.47. The van der Waals surface area contributed by atoms with Gasteiger partial charge in [0.2, 0.25) is 11.8 Å². The molecule has 1 aliphatic rings. The molecule has 27 heavy (non-hydrogen) atoms. The van der Waals surface area contributed by atoms with Gasteiger partial charge >= 0.3 is 5.97 Å². The first kappa shape index (κ1) is 18.6. The number of aromatic carboxylic acids is 1. The predicted molar refractivity (Wildman–Crippen MR) is 96.7 cm³/mol. The molecule has 1 fully saturated rings. The van der Waals surface area contributed by atoms with Gasteiger partial charge in [-0.2, -0.15) is 5.10 Å². The van der Waals surface area contributed by atoms with E-state index in [2.05, 4.69) is 10.4 Å². The van der Waals surface area contributed by atoms with Crippen molar-refractivity contribution in [1.29, 1.82) is 0 Å².